The zero-order chi connectivity index (χ0) is 21.5. The molecule has 0 aliphatic heterocycles. The Morgan fingerprint density at radius 1 is 1.20 bits per heavy atom. The number of thiazole rings is 1. The molecule has 0 aliphatic rings. The Morgan fingerprint density at radius 2 is 1.97 bits per heavy atom. The summed E-state index contributed by atoms with van der Waals surface area (Å²) < 4.78 is 11.8. The summed E-state index contributed by atoms with van der Waals surface area (Å²) in [6.45, 7) is 3.76. The number of hydrogen-bond donors (Lipinski definition) is 1. The number of aromatic nitrogens is 1. The van der Waals surface area contributed by atoms with E-state index >= 15 is 0 Å². The minimum Gasteiger partial charge on any atom is -0.487 e. The van der Waals surface area contributed by atoms with Crippen LogP contribution in [0.25, 0.3) is 0 Å². The Kier molecular flexibility index (Phi) is 7.59. The Balaban J connectivity index is 1.49. The van der Waals surface area contributed by atoms with Gasteiger partial charge in [0.15, 0.2) is 6.61 Å². The number of nitrogens with one attached hydrogen (secondary N) is 1. The van der Waals surface area contributed by atoms with Crippen LogP contribution in [0.1, 0.15) is 39.6 Å². The van der Waals surface area contributed by atoms with E-state index in [1.165, 1.54) is 0 Å². The normalized spacial score (nSPS) is 11.6. The van der Waals surface area contributed by atoms with Crippen molar-refractivity contribution in [3.8, 4) is 5.75 Å². The van der Waals surface area contributed by atoms with E-state index in [1.54, 1.807) is 35.6 Å². The van der Waals surface area contributed by atoms with Gasteiger partial charge in [-0.25, -0.2) is 9.78 Å². The maximum atomic E-state index is 12.3. The van der Waals surface area contributed by atoms with Gasteiger partial charge < -0.3 is 14.8 Å². The van der Waals surface area contributed by atoms with Crippen LogP contribution < -0.4 is 10.1 Å². The number of aryl methyl sites for hydroxylation is 1. The quantitative estimate of drug-likeness (QED) is 0.459. The molecule has 1 aromatic heterocycles. The van der Waals surface area contributed by atoms with Gasteiger partial charge in [0.1, 0.15) is 12.4 Å². The van der Waals surface area contributed by atoms with Gasteiger partial charge in [-0.15, -0.1) is 11.3 Å². The summed E-state index contributed by atoms with van der Waals surface area (Å²) in [5, 5.41) is 5.72. The number of benzene rings is 2. The molecule has 1 unspecified atom stereocenters. The number of carbonyl (C=O) groups is 2. The van der Waals surface area contributed by atoms with E-state index in [2.05, 4.69) is 26.2 Å². The fraction of sp³-hybridized carbons (Fsp3) is 0.227. The number of hydrogen-bond acceptors (Lipinski definition) is 6. The van der Waals surface area contributed by atoms with E-state index in [0.29, 0.717) is 17.9 Å². The average molecular weight is 489 g/mol. The summed E-state index contributed by atoms with van der Waals surface area (Å²) in [5.41, 5.74) is 2.11. The summed E-state index contributed by atoms with van der Waals surface area (Å²) in [4.78, 5) is 28.8. The Morgan fingerprint density at radius 3 is 2.67 bits per heavy atom. The first-order chi connectivity index (χ1) is 14.4. The topological polar surface area (TPSA) is 77.5 Å². The fourth-order valence-corrected chi connectivity index (χ4v) is 3.54. The third-order valence-electron chi connectivity index (χ3n) is 4.20. The number of carbonyl (C=O) groups excluding carboxylic acids is 2. The van der Waals surface area contributed by atoms with Crippen molar-refractivity contribution in [1.29, 1.82) is 0 Å². The molecule has 2 aromatic carbocycles. The minimum absolute atomic E-state index is 0.199. The maximum absolute atomic E-state index is 12.3. The molecule has 1 N–H and O–H groups in total. The van der Waals surface area contributed by atoms with Gasteiger partial charge in [0, 0.05) is 9.85 Å². The summed E-state index contributed by atoms with van der Waals surface area (Å²) in [6, 6.07) is 14.1. The molecular weight excluding hydrogens is 468 g/mol. The molecule has 0 saturated heterocycles. The standard InChI is InChI=1S/C22H21BrN2O4S/c1-14(16-6-8-18(23)9-7-16)24-21(26)12-29-22(27)17-4-3-5-20(10-17)28-11-19-13-30-15(2)25-19/h3-10,13-14H,11-12H2,1-2H3,(H,24,26). The van der Waals surface area contributed by atoms with E-state index in [-0.39, 0.29) is 18.6 Å². The van der Waals surface area contributed by atoms with Crippen molar-refractivity contribution in [2.75, 3.05) is 6.61 Å². The van der Waals surface area contributed by atoms with E-state index in [9.17, 15) is 9.59 Å². The lowest BCUT2D eigenvalue weighted by Crippen LogP contribution is -2.31. The first-order valence-corrected chi connectivity index (χ1v) is 10.9. The average Bonchev–Trinajstić information content (AvgIpc) is 3.16. The predicted octanol–water partition coefficient (Wildman–Crippen LogP) is 4.83. The Hall–Kier alpha value is -2.71. The van der Waals surface area contributed by atoms with Gasteiger partial charge in [-0.1, -0.05) is 34.1 Å². The third-order valence-corrected chi connectivity index (χ3v) is 5.56. The van der Waals surface area contributed by atoms with Crippen LogP contribution in [0.2, 0.25) is 0 Å². The van der Waals surface area contributed by atoms with E-state index in [4.69, 9.17) is 9.47 Å². The van der Waals surface area contributed by atoms with Crippen molar-refractivity contribution in [2.24, 2.45) is 0 Å². The summed E-state index contributed by atoms with van der Waals surface area (Å²) in [6.07, 6.45) is 0. The first kappa shape index (κ1) is 22.0. The predicted molar refractivity (Wildman–Crippen MR) is 119 cm³/mol. The van der Waals surface area contributed by atoms with Crippen molar-refractivity contribution >= 4 is 39.1 Å². The Bertz CT molecular complexity index is 1020. The van der Waals surface area contributed by atoms with Crippen molar-refractivity contribution in [3.63, 3.8) is 0 Å². The zero-order valence-corrected chi connectivity index (χ0v) is 19.0. The van der Waals surface area contributed by atoms with E-state index in [0.717, 1.165) is 20.7 Å². The smallest absolute Gasteiger partial charge is 0.338 e. The van der Waals surface area contributed by atoms with Crippen LogP contribution in [0.3, 0.4) is 0 Å². The fourth-order valence-electron chi connectivity index (χ4n) is 2.68. The number of halogens is 1. The highest BCUT2D eigenvalue weighted by Gasteiger charge is 2.14. The Labute approximate surface area is 187 Å². The number of ether oxygens (including phenoxy) is 2. The molecular formula is C22H21BrN2O4S. The lowest BCUT2D eigenvalue weighted by molar-refractivity contribution is -0.124. The molecule has 1 heterocycles. The second-order valence-corrected chi connectivity index (χ2v) is 8.57. The minimum atomic E-state index is -0.587. The van der Waals surface area contributed by atoms with Gasteiger partial charge in [0.2, 0.25) is 0 Å². The van der Waals surface area contributed by atoms with E-state index < -0.39 is 5.97 Å². The second kappa shape index (κ2) is 10.4. The van der Waals surface area contributed by atoms with Gasteiger partial charge in [0.25, 0.3) is 5.91 Å². The van der Waals surface area contributed by atoms with Crippen molar-refractivity contribution in [1.82, 2.24) is 10.3 Å². The molecule has 1 amide bonds. The molecule has 0 aliphatic carbocycles. The lowest BCUT2D eigenvalue weighted by atomic mass is 10.1. The SMILES string of the molecule is Cc1nc(COc2cccc(C(=O)OCC(=O)NC(C)c3ccc(Br)cc3)c2)cs1. The monoisotopic (exact) mass is 488 g/mol. The van der Waals surface area contributed by atoms with Crippen LogP contribution in [0.5, 0.6) is 5.75 Å². The number of amides is 1. The van der Waals surface area contributed by atoms with Crippen molar-refractivity contribution in [2.45, 2.75) is 26.5 Å². The number of nitrogens with zero attached hydrogens (tertiary/aromatic N) is 1. The van der Waals surface area contributed by atoms with Crippen molar-refractivity contribution < 1.29 is 19.1 Å². The first-order valence-electron chi connectivity index (χ1n) is 9.26. The van der Waals surface area contributed by atoms with Gasteiger partial charge in [-0.05, 0) is 49.7 Å². The molecule has 156 valence electrons. The van der Waals surface area contributed by atoms with Crippen LogP contribution >= 0.6 is 27.3 Å². The zero-order valence-electron chi connectivity index (χ0n) is 16.6. The molecule has 30 heavy (non-hydrogen) atoms. The molecule has 6 nitrogen and oxygen atoms in total. The molecule has 0 bridgehead atoms. The molecule has 0 saturated carbocycles. The summed E-state index contributed by atoms with van der Waals surface area (Å²) in [7, 11) is 0. The highest BCUT2D eigenvalue weighted by Crippen LogP contribution is 2.18. The highest BCUT2D eigenvalue weighted by molar-refractivity contribution is 9.10. The second-order valence-electron chi connectivity index (χ2n) is 6.59. The summed E-state index contributed by atoms with van der Waals surface area (Å²) in [5.74, 6) is -0.426. The summed E-state index contributed by atoms with van der Waals surface area (Å²) >= 11 is 4.93. The van der Waals surface area contributed by atoms with Gasteiger partial charge in [-0.3, -0.25) is 4.79 Å². The van der Waals surface area contributed by atoms with Gasteiger partial charge >= 0.3 is 5.97 Å². The molecule has 3 rings (SSSR count). The largest absolute Gasteiger partial charge is 0.487 e. The maximum Gasteiger partial charge on any atom is 0.338 e. The number of rotatable bonds is 8. The molecule has 0 fully saturated rings. The molecule has 0 spiro atoms. The van der Waals surface area contributed by atoms with Crippen molar-refractivity contribution in [3.05, 3.63) is 80.2 Å². The van der Waals surface area contributed by atoms with Crippen LogP contribution in [-0.2, 0) is 16.1 Å². The van der Waals surface area contributed by atoms with Crippen LogP contribution in [-0.4, -0.2) is 23.5 Å². The van der Waals surface area contributed by atoms with Gasteiger partial charge in [0.05, 0.1) is 22.3 Å². The van der Waals surface area contributed by atoms with Crippen LogP contribution in [0, 0.1) is 6.92 Å². The van der Waals surface area contributed by atoms with Gasteiger partial charge in [-0.2, -0.15) is 0 Å². The lowest BCUT2D eigenvalue weighted by Gasteiger charge is -2.14. The molecule has 3 aromatic rings. The molecule has 1 atom stereocenters. The molecule has 8 heteroatoms. The number of esters is 1. The van der Waals surface area contributed by atoms with E-state index in [1.807, 2.05) is 43.5 Å². The van der Waals surface area contributed by atoms with Crippen LogP contribution in [0.15, 0.2) is 58.4 Å². The van der Waals surface area contributed by atoms with Crippen LogP contribution in [0.4, 0.5) is 0 Å². The molecule has 0 radical (unpaired) electrons. The third kappa shape index (κ3) is 6.40. The highest BCUT2D eigenvalue weighted by atomic mass is 79.9.